The third kappa shape index (κ3) is 5.20. The molecule has 170 valence electrons. The van der Waals surface area contributed by atoms with Gasteiger partial charge in [0, 0.05) is 11.3 Å². The molecule has 0 aliphatic heterocycles. The van der Waals surface area contributed by atoms with Crippen LogP contribution >= 0.6 is 11.8 Å². The highest BCUT2D eigenvalue weighted by Gasteiger charge is 2.35. The third-order valence-corrected chi connectivity index (χ3v) is 6.63. The van der Waals surface area contributed by atoms with E-state index in [-0.39, 0.29) is 11.7 Å². The Bertz CT molecular complexity index is 1160. The zero-order chi connectivity index (χ0) is 23.3. The van der Waals surface area contributed by atoms with Crippen LogP contribution in [0.2, 0.25) is 0 Å². The number of benzene rings is 2. The van der Waals surface area contributed by atoms with Crippen molar-refractivity contribution in [3.05, 3.63) is 54.1 Å². The maximum atomic E-state index is 12.7. The van der Waals surface area contributed by atoms with Crippen LogP contribution in [0.4, 0.5) is 0 Å². The SMILES string of the molecule is CCOc1ccc(-n2c(SCC(=O)NC3(C#N)CCCC3)nnc2-c2cccc(C)c2)cc1. The number of thioether (sulfide) groups is 1. The van der Waals surface area contributed by atoms with Crippen LogP contribution in [0.5, 0.6) is 5.75 Å². The smallest absolute Gasteiger partial charge is 0.231 e. The molecule has 33 heavy (non-hydrogen) atoms. The van der Waals surface area contributed by atoms with Gasteiger partial charge in [0.05, 0.1) is 18.4 Å². The number of nitriles is 1. The van der Waals surface area contributed by atoms with E-state index in [1.54, 1.807) is 0 Å². The Balaban J connectivity index is 1.61. The first-order chi connectivity index (χ1) is 16.0. The van der Waals surface area contributed by atoms with Crippen LogP contribution in [0.1, 0.15) is 38.2 Å². The molecular weight excluding hydrogens is 434 g/mol. The number of aromatic nitrogens is 3. The standard InChI is InChI=1S/C25H27N5O2S/c1-3-32-21-11-9-20(10-12-21)30-23(19-8-6-7-18(2)15-19)28-29-24(30)33-16-22(31)27-25(17-26)13-4-5-14-25/h6-12,15H,3-5,13-14,16H2,1-2H3,(H,27,31). The van der Waals surface area contributed by atoms with Gasteiger partial charge in [-0.1, -0.05) is 35.5 Å². The lowest BCUT2D eigenvalue weighted by Gasteiger charge is -2.21. The van der Waals surface area contributed by atoms with Gasteiger partial charge in [0.25, 0.3) is 0 Å². The summed E-state index contributed by atoms with van der Waals surface area (Å²) < 4.78 is 7.53. The zero-order valence-corrected chi connectivity index (χ0v) is 19.7. The highest BCUT2D eigenvalue weighted by molar-refractivity contribution is 7.99. The van der Waals surface area contributed by atoms with Gasteiger partial charge in [-0.15, -0.1) is 10.2 Å². The Morgan fingerprint density at radius 2 is 1.97 bits per heavy atom. The molecule has 0 saturated heterocycles. The molecule has 0 bridgehead atoms. The van der Waals surface area contributed by atoms with E-state index < -0.39 is 5.54 Å². The Kier molecular flexibility index (Phi) is 6.99. The molecule has 2 aromatic carbocycles. The Morgan fingerprint density at radius 1 is 1.21 bits per heavy atom. The summed E-state index contributed by atoms with van der Waals surface area (Å²) in [6.07, 6.45) is 3.35. The summed E-state index contributed by atoms with van der Waals surface area (Å²) in [6.45, 7) is 4.58. The number of nitrogens with zero attached hydrogens (tertiary/aromatic N) is 4. The summed E-state index contributed by atoms with van der Waals surface area (Å²) in [4.78, 5) is 12.7. The van der Waals surface area contributed by atoms with E-state index >= 15 is 0 Å². The number of rotatable bonds is 8. The number of ether oxygens (including phenoxy) is 1. The topological polar surface area (TPSA) is 92.8 Å². The number of carbonyl (C=O) groups excluding carboxylic acids is 1. The van der Waals surface area contributed by atoms with Crippen molar-refractivity contribution >= 4 is 17.7 Å². The van der Waals surface area contributed by atoms with Gasteiger partial charge in [0.1, 0.15) is 11.3 Å². The summed E-state index contributed by atoms with van der Waals surface area (Å²) in [5.41, 5.74) is 2.22. The van der Waals surface area contributed by atoms with E-state index in [4.69, 9.17) is 4.74 Å². The second-order valence-corrected chi connectivity index (χ2v) is 9.12. The first kappa shape index (κ1) is 22.9. The van der Waals surface area contributed by atoms with E-state index in [0.717, 1.165) is 35.4 Å². The summed E-state index contributed by atoms with van der Waals surface area (Å²) >= 11 is 1.31. The number of amides is 1. The molecule has 0 radical (unpaired) electrons. The van der Waals surface area contributed by atoms with Crippen LogP contribution in [0, 0.1) is 18.3 Å². The Hall–Kier alpha value is -3.31. The normalized spacial score (nSPS) is 14.6. The van der Waals surface area contributed by atoms with Crippen molar-refractivity contribution in [3.63, 3.8) is 0 Å². The fraction of sp³-hybridized carbons (Fsp3) is 0.360. The van der Waals surface area contributed by atoms with Crippen LogP contribution in [-0.4, -0.2) is 38.6 Å². The molecule has 1 saturated carbocycles. The van der Waals surface area contributed by atoms with Gasteiger partial charge in [0.2, 0.25) is 5.91 Å². The molecule has 1 fully saturated rings. The van der Waals surface area contributed by atoms with Gasteiger partial charge in [0.15, 0.2) is 11.0 Å². The number of aryl methyl sites for hydroxylation is 1. The molecule has 1 amide bonds. The Morgan fingerprint density at radius 3 is 2.64 bits per heavy atom. The average Bonchev–Trinajstić information content (AvgIpc) is 3.46. The summed E-state index contributed by atoms with van der Waals surface area (Å²) in [5, 5.41) is 22.0. The van der Waals surface area contributed by atoms with Crippen molar-refractivity contribution in [2.45, 2.75) is 50.2 Å². The van der Waals surface area contributed by atoms with Crippen LogP contribution < -0.4 is 10.1 Å². The number of nitrogens with one attached hydrogen (secondary N) is 1. The minimum atomic E-state index is -0.729. The van der Waals surface area contributed by atoms with Crippen molar-refractivity contribution in [1.82, 2.24) is 20.1 Å². The molecule has 4 rings (SSSR count). The van der Waals surface area contributed by atoms with Crippen LogP contribution in [0.25, 0.3) is 17.1 Å². The van der Waals surface area contributed by atoms with E-state index in [0.29, 0.717) is 30.4 Å². The van der Waals surface area contributed by atoms with E-state index in [2.05, 4.69) is 27.6 Å². The highest BCUT2D eigenvalue weighted by Crippen LogP contribution is 2.31. The average molecular weight is 462 g/mol. The summed E-state index contributed by atoms with van der Waals surface area (Å²) in [5.74, 6) is 1.49. The quantitative estimate of drug-likeness (QED) is 0.490. The summed E-state index contributed by atoms with van der Waals surface area (Å²) in [6, 6.07) is 18.1. The molecule has 7 nitrogen and oxygen atoms in total. The van der Waals surface area contributed by atoms with E-state index in [9.17, 15) is 10.1 Å². The molecular formula is C25H27N5O2S. The number of hydrogen-bond acceptors (Lipinski definition) is 6. The molecule has 1 aliphatic carbocycles. The predicted octanol–water partition coefficient (Wildman–Crippen LogP) is 4.69. The molecule has 3 aromatic rings. The van der Waals surface area contributed by atoms with Gasteiger partial charge in [-0.2, -0.15) is 5.26 Å². The lowest BCUT2D eigenvalue weighted by molar-refractivity contribution is -0.119. The zero-order valence-electron chi connectivity index (χ0n) is 18.9. The predicted molar refractivity (Wildman–Crippen MR) is 128 cm³/mol. The van der Waals surface area contributed by atoms with Crippen molar-refractivity contribution in [2.24, 2.45) is 0 Å². The van der Waals surface area contributed by atoms with Crippen LogP contribution in [0.15, 0.2) is 53.7 Å². The van der Waals surface area contributed by atoms with Gasteiger partial charge < -0.3 is 10.1 Å². The second kappa shape index (κ2) is 10.1. The fourth-order valence-electron chi connectivity index (χ4n) is 4.10. The third-order valence-electron chi connectivity index (χ3n) is 5.70. The maximum absolute atomic E-state index is 12.7. The Labute approximate surface area is 198 Å². The largest absolute Gasteiger partial charge is 0.494 e. The molecule has 1 heterocycles. The number of hydrogen-bond donors (Lipinski definition) is 1. The molecule has 1 aliphatic rings. The van der Waals surface area contributed by atoms with Gasteiger partial charge in [-0.05, 0) is 69.9 Å². The second-order valence-electron chi connectivity index (χ2n) is 8.18. The molecule has 1 N–H and O–H groups in total. The number of carbonyl (C=O) groups is 1. The first-order valence-corrected chi connectivity index (χ1v) is 12.1. The summed E-state index contributed by atoms with van der Waals surface area (Å²) in [7, 11) is 0. The van der Waals surface area contributed by atoms with Crippen molar-refractivity contribution < 1.29 is 9.53 Å². The fourth-order valence-corrected chi connectivity index (χ4v) is 4.85. The maximum Gasteiger partial charge on any atom is 0.231 e. The van der Waals surface area contributed by atoms with Crippen LogP contribution in [-0.2, 0) is 4.79 Å². The van der Waals surface area contributed by atoms with Crippen molar-refractivity contribution in [1.29, 1.82) is 5.26 Å². The minimum Gasteiger partial charge on any atom is -0.494 e. The highest BCUT2D eigenvalue weighted by atomic mass is 32.2. The lowest BCUT2D eigenvalue weighted by atomic mass is 10.0. The van der Waals surface area contributed by atoms with Crippen molar-refractivity contribution in [2.75, 3.05) is 12.4 Å². The van der Waals surface area contributed by atoms with Gasteiger partial charge in [-0.25, -0.2) is 0 Å². The van der Waals surface area contributed by atoms with Gasteiger partial charge >= 0.3 is 0 Å². The van der Waals surface area contributed by atoms with Gasteiger partial charge in [-0.3, -0.25) is 9.36 Å². The lowest BCUT2D eigenvalue weighted by Crippen LogP contribution is -2.45. The molecule has 0 spiro atoms. The van der Waals surface area contributed by atoms with Crippen molar-refractivity contribution in [3.8, 4) is 28.9 Å². The molecule has 0 unspecified atom stereocenters. The molecule has 1 aromatic heterocycles. The minimum absolute atomic E-state index is 0.159. The van der Waals surface area contributed by atoms with Crippen LogP contribution in [0.3, 0.4) is 0 Å². The van der Waals surface area contributed by atoms with E-state index in [1.165, 1.54) is 11.8 Å². The van der Waals surface area contributed by atoms with E-state index in [1.807, 2.05) is 60.9 Å². The molecule has 0 atom stereocenters. The molecule has 8 heteroatoms. The first-order valence-electron chi connectivity index (χ1n) is 11.1. The monoisotopic (exact) mass is 461 g/mol.